The van der Waals surface area contributed by atoms with Crippen molar-refractivity contribution in [3.8, 4) is 0 Å². The van der Waals surface area contributed by atoms with Crippen LogP contribution in [0.3, 0.4) is 0 Å². The molecule has 2 aromatic rings. The average molecular weight is 462 g/mol. The van der Waals surface area contributed by atoms with Gasteiger partial charge in [0.1, 0.15) is 24.8 Å². The standard InChI is InChI=1S/C24H35N3O6/c1-15(2)12-18(25-23(31)33-24(3,4)5)21(28)26(6)20(22(29)30)13-16-14-27(32-7)19-11-9-8-10-17(16)19/h8-11,14-15,18,20H,12-13H2,1-7H3,(H,25,31)(H,29,30)/t18-,20-/m0/s1. The van der Waals surface area contributed by atoms with Crippen molar-refractivity contribution in [2.24, 2.45) is 5.92 Å². The Morgan fingerprint density at radius 1 is 1.18 bits per heavy atom. The number of carbonyl (C=O) groups is 3. The molecule has 0 spiro atoms. The lowest BCUT2D eigenvalue weighted by Crippen LogP contribution is -2.53. The molecule has 0 aliphatic rings. The van der Waals surface area contributed by atoms with Gasteiger partial charge in [-0.05, 0) is 44.7 Å². The van der Waals surface area contributed by atoms with Gasteiger partial charge in [0.05, 0.1) is 5.52 Å². The number of carboxylic acids is 1. The topological polar surface area (TPSA) is 110 Å². The average Bonchev–Trinajstić information content (AvgIpc) is 3.06. The van der Waals surface area contributed by atoms with Crippen molar-refractivity contribution in [3.63, 3.8) is 0 Å². The first-order valence-electron chi connectivity index (χ1n) is 11.0. The van der Waals surface area contributed by atoms with Gasteiger partial charge in [-0.15, -0.1) is 0 Å². The first-order valence-corrected chi connectivity index (χ1v) is 11.0. The SMILES string of the molecule is COn1cc(C[C@@H](C(=O)O)N(C)C(=O)[C@H](CC(C)C)NC(=O)OC(C)(C)C)c2ccccc21. The summed E-state index contributed by atoms with van der Waals surface area (Å²) in [5.74, 6) is -1.54. The van der Waals surface area contributed by atoms with Crippen LogP contribution >= 0.6 is 0 Å². The Hall–Kier alpha value is -3.23. The maximum Gasteiger partial charge on any atom is 0.408 e. The molecule has 2 N–H and O–H groups in total. The Morgan fingerprint density at radius 2 is 1.82 bits per heavy atom. The van der Waals surface area contributed by atoms with Gasteiger partial charge in [0, 0.05) is 25.1 Å². The van der Waals surface area contributed by atoms with Crippen LogP contribution in [0.2, 0.25) is 0 Å². The number of nitrogens with one attached hydrogen (secondary N) is 1. The third-order valence-electron chi connectivity index (χ3n) is 5.17. The second-order valence-corrected chi connectivity index (χ2v) is 9.52. The van der Waals surface area contributed by atoms with Gasteiger partial charge >= 0.3 is 12.1 Å². The maximum absolute atomic E-state index is 13.3. The van der Waals surface area contributed by atoms with Gasteiger partial charge in [-0.2, -0.15) is 4.73 Å². The molecule has 0 aliphatic heterocycles. The maximum atomic E-state index is 13.3. The molecule has 0 fully saturated rings. The second-order valence-electron chi connectivity index (χ2n) is 9.52. The lowest BCUT2D eigenvalue weighted by molar-refractivity contribution is -0.149. The van der Waals surface area contributed by atoms with Gasteiger partial charge in [-0.1, -0.05) is 32.0 Å². The van der Waals surface area contributed by atoms with E-state index in [9.17, 15) is 19.5 Å². The molecular weight excluding hydrogens is 426 g/mol. The summed E-state index contributed by atoms with van der Waals surface area (Å²) in [5, 5.41) is 13.4. The molecule has 0 saturated heterocycles. The number of carbonyl (C=O) groups excluding carboxylic acids is 2. The molecule has 0 saturated carbocycles. The Balaban J connectivity index is 2.29. The van der Waals surface area contributed by atoms with E-state index in [1.54, 1.807) is 31.7 Å². The molecule has 0 unspecified atom stereocenters. The number of amides is 2. The van der Waals surface area contributed by atoms with E-state index in [1.807, 2.05) is 38.1 Å². The highest BCUT2D eigenvalue weighted by Crippen LogP contribution is 2.23. The molecule has 1 aromatic carbocycles. The van der Waals surface area contributed by atoms with E-state index < -0.39 is 35.7 Å². The number of aromatic nitrogens is 1. The lowest BCUT2D eigenvalue weighted by atomic mass is 10.00. The van der Waals surface area contributed by atoms with E-state index in [0.717, 1.165) is 16.5 Å². The van der Waals surface area contributed by atoms with Crippen LogP contribution in [0, 0.1) is 5.92 Å². The molecule has 33 heavy (non-hydrogen) atoms. The largest absolute Gasteiger partial charge is 0.480 e. The smallest absolute Gasteiger partial charge is 0.408 e. The number of nitrogens with zero attached hydrogens (tertiary/aromatic N) is 2. The quantitative estimate of drug-likeness (QED) is 0.594. The molecule has 1 aromatic heterocycles. The molecule has 182 valence electrons. The highest BCUT2D eigenvalue weighted by molar-refractivity contribution is 5.90. The van der Waals surface area contributed by atoms with Crippen molar-refractivity contribution in [2.75, 3.05) is 14.2 Å². The number of rotatable bonds is 9. The molecule has 0 bridgehead atoms. The fourth-order valence-corrected chi connectivity index (χ4v) is 3.67. The van der Waals surface area contributed by atoms with Crippen molar-refractivity contribution in [3.05, 3.63) is 36.0 Å². The predicted octanol–water partition coefficient (Wildman–Crippen LogP) is 3.09. The van der Waals surface area contributed by atoms with Crippen LogP contribution < -0.4 is 10.2 Å². The normalized spacial score (nSPS) is 13.5. The van der Waals surface area contributed by atoms with Crippen LogP contribution in [0.25, 0.3) is 10.9 Å². The molecule has 9 heteroatoms. The van der Waals surface area contributed by atoms with Gasteiger partial charge in [0.25, 0.3) is 0 Å². The summed E-state index contributed by atoms with van der Waals surface area (Å²) < 4.78 is 6.86. The molecule has 9 nitrogen and oxygen atoms in total. The van der Waals surface area contributed by atoms with Gasteiger partial charge in [-0.25, -0.2) is 9.59 Å². The van der Waals surface area contributed by atoms with Crippen LogP contribution in [0.4, 0.5) is 4.79 Å². The summed E-state index contributed by atoms with van der Waals surface area (Å²) in [6.45, 7) is 9.04. The fraction of sp³-hybridized carbons (Fsp3) is 0.542. The zero-order chi connectivity index (χ0) is 24.9. The first kappa shape index (κ1) is 26.0. The third kappa shape index (κ3) is 6.87. The number of carboxylic acid groups (broad SMARTS) is 1. The summed E-state index contributed by atoms with van der Waals surface area (Å²) in [4.78, 5) is 44.3. The first-order chi connectivity index (χ1) is 15.3. The second kappa shape index (κ2) is 10.6. The molecule has 0 aliphatic carbocycles. The number of likely N-dealkylation sites (N-methyl/N-ethyl adjacent to an activating group) is 1. The van der Waals surface area contributed by atoms with Crippen molar-refractivity contribution >= 4 is 28.9 Å². The van der Waals surface area contributed by atoms with E-state index in [0.29, 0.717) is 6.42 Å². The third-order valence-corrected chi connectivity index (χ3v) is 5.17. The summed E-state index contributed by atoms with van der Waals surface area (Å²) >= 11 is 0. The number of hydrogen-bond acceptors (Lipinski definition) is 5. The van der Waals surface area contributed by atoms with E-state index >= 15 is 0 Å². The minimum absolute atomic E-state index is 0.0787. The Kier molecular flexibility index (Phi) is 8.35. The molecular formula is C24H35N3O6. The number of fused-ring (bicyclic) bond motifs is 1. The van der Waals surface area contributed by atoms with Crippen molar-refractivity contribution in [1.29, 1.82) is 0 Å². The molecule has 2 amide bonds. The minimum Gasteiger partial charge on any atom is -0.480 e. The number of benzene rings is 1. The summed E-state index contributed by atoms with van der Waals surface area (Å²) in [5.41, 5.74) is 0.818. The van der Waals surface area contributed by atoms with E-state index in [4.69, 9.17) is 9.57 Å². The lowest BCUT2D eigenvalue weighted by Gasteiger charge is -2.30. The summed E-state index contributed by atoms with van der Waals surface area (Å²) in [6, 6.07) is 5.43. The van der Waals surface area contributed by atoms with E-state index in [2.05, 4.69) is 5.32 Å². The van der Waals surface area contributed by atoms with E-state index in [-0.39, 0.29) is 12.3 Å². The number of hydrogen-bond donors (Lipinski definition) is 2. The number of alkyl carbamates (subject to hydrolysis) is 1. The predicted molar refractivity (Wildman–Crippen MR) is 125 cm³/mol. The van der Waals surface area contributed by atoms with Crippen LogP contribution in [0.15, 0.2) is 30.5 Å². The van der Waals surface area contributed by atoms with Gasteiger partial charge < -0.3 is 24.9 Å². The van der Waals surface area contributed by atoms with Crippen molar-refractivity contribution in [1.82, 2.24) is 14.9 Å². The summed E-state index contributed by atoms with van der Waals surface area (Å²) in [6.07, 6.45) is 1.43. The minimum atomic E-state index is -1.14. The van der Waals surface area contributed by atoms with Crippen molar-refractivity contribution in [2.45, 2.75) is 65.1 Å². The Bertz CT molecular complexity index is 992. The fourth-order valence-electron chi connectivity index (χ4n) is 3.67. The number of para-hydroxylation sites is 1. The number of aliphatic carboxylic acids is 1. The number of ether oxygens (including phenoxy) is 1. The van der Waals surface area contributed by atoms with Crippen molar-refractivity contribution < 1.29 is 29.1 Å². The highest BCUT2D eigenvalue weighted by atomic mass is 16.6. The van der Waals surface area contributed by atoms with Crippen LogP contribution in [0.5, 0.6) is 0 Å². The van der Waals surface area contributed by atoms with Gasteiger partial charge in [0.15, 0.2) is 0 Å². The Morgan fingerprint density at radius 3 is 2.36 bits per heavy atom. The highest BCUT2D eigenvalue weighted by Gasteiger charge is 2.34. The molecule has 0 radical (unpaired) electrons. The van der Waals surface area contributed by atoms with Gasteiger partial charge in [0.2, 0.25) is 5.91 Å². The zero-order valence-electron chi connectivity index (χ0n) is 20.4. The van der Waals surface area contributed by atoms with Crippen LogP contribution in [-0.2, 0) is 20.7 Å². The van der Waals surface area contributed by atoms with Gasteiger partial charge in [-0.3, -0.25) is 4.79 Å². The van der Waals surface area contributed by atoms with E-state index in [1.165, 1.54) is 19.1 Å². The monoisotopic (exact) mass is 461 g/mol. The molecule has 1 heterocycles. The Labute approximate surface area is 194 Å². The molecule has 2 rings (SSSR count). The zero-order valence-corrected chi connectivity index (χ0v) is 20.4. The summed E-state index contributed by atoms with van der Waals surface area (Å²) in [7, 11) is 2.97. The molecule has 2 atom stereocenters. The van der Waals surface area contributed by atoms with Crippen LogP contribution in [-0.4, -0.2) is 64.5 Å². The van der Waals surface area contributed by atoms with Crippen LogP contribution in [0.1, 0.15) is 46.6 Å².